The van der Waals surface area contributed by atoms with E-state index in [4.69, 9.17) is 30.5 Å². The molecule has 0 aromatic heterocycles. The van der Waals surface area contributed by atoms with Crippen molar-refractivity contribution in [3.05, 3.63) is 56.5 Å². The lowest BCUT2D eigenvalue weighted by atomic mass is 10.0. The van der Waals surface area contributed by atoms with Crippen molar-refractivity contribution in [1.82, 2.24) is 0 Å². The van der Waals surface area contributed by atoms with Crippen LogP contribution in [-0.2, 0) is 9.47 Å². The van der Waals surface area contributed by atoms with Gasteiger partial charge >= 0.3 is 5.97 Å². The van der Waals surface area contributed by atoms with Crippen LogP contribution in [0.15, 0.2) is 34.8 Å². The summed E-state index contributed by atoms with van der Waals surface area (Å²) in [6.45, 7) is 4.26. The van der Waals surface area contributed by atoms with Crippen LogP contribution in [0.4, 0.5) is 0 Å². The minimum Gasteiger partial charge on any atom is -0.491 e. The summed E-state index contributed by atoms with van der Waals surface area (Å²) in [5.41, 5.74) is 1.37. The number of esters is 1. The van der Waals surface area contributed by atoms with E-state index >= 15 is 0 Å². The third-order valence-electron chi connectivity index (χ3n) is 4.17. The van der Waals surface area contributed by atoms with Gasteiger partial charge in [-0.25, -0.2) is 4.79 Å². The fraction of sp³-hybridized carbons (Fsp3) is 0.381. The van der Waals surface area contributed by atoms with E-state index in [0.29, 0.717) is 38.7 Å². The number of carbonyl (C=O) groups is 1. The van der Waals surface area contributed by atoms with Crippen LogP contribution in [-0.4, -0.2) is 26.8 Å². The van der Waals surface area contributed by atoms with Gasteiger partial charge < -0.3 is 18.9 Å². The van der Waals surface area contributed by atoms with E-state index in [1.807, 2.05) is 6.07 Å². The molecule has 0 saturated heterocycles. The number of benzene rings is 2. The van der Waals surface area contributed by atoms with E-state index in [1.54, 1.807) is 31.2 Å². The molecule has 0 unspecified atom stereocenters. The Labute approximate surface area is 179 Å². The molecule has 0 atom stereocenters. The molecular formula is C21H24BrClO5. The van der Waals surface area contributed by atoms with Gasteiger partial charge in [-0.1, -0.05) is 43.1 Å². The zero-order valence-electron chi connectivity index (χ0n) is 16.4. The van der Waals surface area contributed by atoms with Gasteiger partial charge in [0.1, 0.15) is 17.1 Å². The van der Waals surface area contributed by atoms with Crippen LogP contribution in [0.3, 0.4) is 0 Å². The second-order valence-corrected chi connectivity index (χ2v) is 7.25. The Morgan fingerprint density at radius 2 is 1.82 bits per heavy atom. The summed E-state index contributed by atoms with van der Waals surface area (Å²) in [6.07, 6.45) is 1.09. The molecule has 0 aliphatic carbocycles. The average Bonchev–Trinajstić information content (AvgIpc) is 2.70. The first-order valence-corrected chi connectivity index (χ1v) is 10.1. The smallest absolute Gasteiger partial charge is 0.347 e. The number of unbranched alkanes of at least 4 members (excludes halogenated alkanes) is 1. The van der Waals surface area contributed by atoms with Crippen molar-refractivity contribution in [2.75, 3.05) is 20.8 Å². The van der Waals surface area contributed by atoms with Gasteiger partial charge in [0, 0.05) is 19.8 Å². The maximum atomic E-state index is 13.0. The van der Waals surface area contributed by atoms with Crippen molar-refractivity contribution >= 4 is 33.5 Å². The molecule has 0 N–H and O–H groups in total. The molecule has 2 aromatic rings. The van der Waals surface area contributed by atoms with E-state index in [-0.39, 0.29) is 5.56 Å². The summed E-state index contributed by atoms with van der Waals surface area (Å²) in [4.78, 5) is 13.0. The molecule has 0 saturated carbocycles. The number of ether oxygens (including phenoxy) is 4. The minimum atomic E-state index is -0.715. The van der Waals surface area contributed by atoms with E-state index in [2.05, 4.69) is 22.9 Å². The van der Waals surface area contributed by atoms with E-state index in [1.165, 1.54) is 14.2 Å². The number of halogens is 2. The molecule has 28 heavy (non-hydrogen) atoms. The lowest BCUT2D eigenvalue weighted by Crippen LogP contribution is -2.16. The lowest BCUT2D eigenvalue weighted by Gasteiger charge is -2.23. The normalized spacial score (nSPS) is 11.0. The minimum absolute atomic E-state index is 0.270. The Balaban J connectivity index is 2.57. The van der Waals surface area contributed by atoms with Gasteiger partial charge in [0.25, 0.3) is 0 Å². The first-order chi connectivity index (χ1) is 13.5. The average molecular weight is 472 g/mol. The molecule has 2 rings (SSSR count). The Morgan fingerprint density at radius 1 is 1.18 bits per heavy atom. The molecule has 0 heterocycles. The van der Waals surface area contributed by atoms with Crippen LogP contribution in [0, 0.1) is 6.92 Å². The monoisotopic (exact) mass is 470 g/mol. The van der Waals surface area contributed by atoms with E-state index < -0.39 is 12.3 Å². The highest BCUT2D eigenvalue weighted by Gasteiger charge is 2.30. The molecule has 7 heteroatoms. The highest BCUT2D eigenvalue weighted by atomic mass is 79.9. The highest BCUT2D eigenvalue weighted by molar-refractivity contribution is 9.10. The van der Waals surface area contributed by atoms with Gasteiger partial charge in [0.2, 0.25) is 0 Å². The zero-order chi connectivity index (χ0) is 20.7. The molecule has 0 bridgehead atoms. The van der Waals surface area contributed by atoms with Crippen molar-refractivity contribution < 1.29 is 23.7 Å². The first kappa shape index (κ1) is 22.7. The van der Waals surface area contributed by atoms with Crippen molar-refractivity contribution in [1.29, 1.82) is 0 Å². The number of para-hydroxylation sites is 1. The molecule has 152 valence electrons. The molecule has 2 aromatic carbocycles. The lowest BCUT2D eigenvalue weighted by molar-refractivity contribution is -0.106. The second kappa shape index (κ2) is 10.8. The summed E-state index contributed by atoms with van der Waals surface area (Å²) >= 11 is 10.1. The molecule has 0 spiro atoms. The molecule has 0 aliphatic rings. The van der Waals surface area contributed by atoms with Crippen LogP contribution < -0.4 is 9.47 Å². The van der Waals surface area contributed by atoms with Gasteiger partial charge in [0.05, 0.1) is 16.1 Å². The molecule has 0 aliphatic heterocycles. The van der Waals surface area contributed by atoms with Crippen LogP contribution in [0.1, 0.15) is 47.5 Å². The number of hydrogen-bond donors (Lipinski definition) is 0. The van der Waals surface area contributed by atoms with Crippen molar-refractivity contribution in [2.45, 2.75) is 33.0 Å². The van der Waals surface area contributed by atoms with Crippen molar-refractivity contribution in [3.63, 3.8) is 0 Å². The standard InChI is InChI=1S/C21H24BrClO5/c1-5-6-12-27-19-15(20(24)28-14-10-8-7-9-11-14)13(2)18(23)16(17(19)22)21(25-3)26-4/h7-11,21H,5-6,12H2,1-4H3. The molecule has 0 amide bonds. The van der Waals surface area contributed by atoms with Crippen molar-refractivity contribution in [3.8, 4) is 11.5 Å². The van der Waals surface area contributed by atoms with Crippen molar-refractivity contribution in [2.24, 2.45) is 0 Å². The zero-order valence-corrected chi connectivity index (χ0v) is 18.7. The number of rotatable bonds is 9. The largest absolute Gasteiger partial charge is 0.491 e. The Bertz CT molecular complexity index is 806. The summed E-state index contributed by atoms with van der Waals surface area (Å²) in [5, 5.41) is 0.350. The fourth-order valence-electron chi connectivity index (χ4n) is 2.70. The highest BCUT2D eigenvalue weighted by Crippen LogP contribution is 2.44. The number of hydrogen-bond acceptors (Lipinski definition) is 5. The predicted molar refractivity (Wildman–Crippen MR) is 112 cm³/mol. The Hall–Kier alpha value is -1.60. The molecular weight excluding hydrogens is 448 g/mol. The first-order valence-electron chi connectivity index (χ1n) is 8.93. The summed E-state index contributed by atoms with van der Waals surface area (Å²) < 4.78 is 22.7. The van der Waals surface area contributed by atoms with Crippen LogP contribution >= 0.6 is 27.5 Å². The maximum Gasteiger partial charge on any atom is 0.347 e. The summed E-state index contributed by atoms with van der Waals surface area (Å²) in [7, 11) is 3.03. The third kappa shape index (κ3) is 5.06. The van der Waals surface area contributed by atoms with Crippen LogP contribution in [0.2, 0.25) is 5.02 Å². The van der Waals surface area contributed by atoms with Gasteiger partial charge in [-0.05, 0) is 47.0 Å². The Morgan fingerprint density at radius 3 is 2.39 bits per heavy atom. The van der Waals surface area contributed by atoms with E-state index in [0.717, 1.165) is 12.8 Å². The van der Waals surface area contributed by atoms with Crippen LogP contribution in [0.25, 0.3) is 0 Å². The number of carbonyl (C=O) groups excluding carboxylic acids is 1. The van der Waals surface area contributed by atoms with Gasteiger partial charge in [-0.15, -0.1) is 0 Å². The molecule has 0 radical (unpaired) electrons. The van der Waals surface area contributed by atoms with Crippen LogP contribution in [0.5, 0.6) is 11.5 Å². The van der Waals surface area contributed by atoms with Gasteiger partial charge in [0.15, 0.2) is 6.29 Å². The number of methoxy groups -OCH3 is 2. The Kier molecular flexibility index (Phi) is 8.76. The molecule has 5 nitrogen and oxygen atoms in total. The fourth-order valence-corrected chi connectivity index (χ4v) is 3.79. The van der Waals surface area contributed by atoms with E-state index in [9.17, 15) is 4.79 Å². The third-order valence-corrected chi connectivity index (χ3v) is 5.44. The SMILES string of the molecule is CCCCOc1c(Br)c(C(OC)OC)c(Cl)c(C)c1C(=O)Oc1ccccc1. The topological polar surface area (TPSA) is 54.0 Å². The predicted octanol–water partition coefficient (Wildman–Crippen LogP) is 6.10. The molecule has 0 fully saturated rings. The van der Waals surface area contributed by atoms with Gasteiger partial charge in [-0.3, -0.25) is 0 Å². The van der Waals surface area contributed by atoms with Gasteiger partial charge in [-0.2, -0.15) is 0 Å². The maximum absolute atomic E-state index is 13.0. The second-order valence-electron chi connectivity index (χ2n) is 6.08. The summed E-state index contributed by atoms with van der Waals surface area (Å²) in [5.74, 6) is 0.260. The summed E-state index contributed by atoms with van der Waals surface area (Å²) in [6, 6.07) is 8.85. The quantitative estimate of drug-likeness (QED) is 0.191.